The second kappa shape index (κ2) is 7.56. The lowest BCUT2D eigenvalue weighted by Gasteiger charge is -2.13. The minimum Gasteiger partial charge on any atom is -0.348 e. The van der Waals surface area contributed by atoms with Gasteiger partial charge < -0.3 is 5.32 Å². The lowest BCUT2D eigenvalue weighted by Crippen LogP contribution is -2.35. The fourth-order valence-corrected chi connectivity index (χ4v) is 6.14. The molecule has 2 aromatic carbocycles. The number of amides is 1. The summed E-state index contributed by atoms with van der Waals surface area (Å²) in [5, 5.41) is 2.70. The molecule has 1 atom stereocenters. The van der Waals surface area contributed by atoms with Crippen LogP contribution in [0.5, 0.6) is 0 Å². The number of aryl methyl sites for hydroxylation is 2. The number of nitrogens with one attached hydrogen (secondary N) is 2. The molecule has 1 amide bonds. The van der Waals surface area contributed by atoms with Crippen LogP contribution in [0.15, 0.2) is 47.4 Å². The van der Waals surface area contributed by atoms with Gasteiger partial charge in [-0.25, -0.2) is 16.8 Å². The average Bonchev–Trinajstić information content (AvgIpc) is 2.95. The van der Waals surface area contributed by atoms with Gasteiger partial charge in [-0.1, -0.05) is 12.1 Å². The smallest absolute Gasteiger partial charge is 0.262 e. The molecule has 1 saturated heterocycles. The van der Waals surface area contributed by atoms with Gasteiger partial charge in [-0.3, -0.25) is 9.52 Å². The van der Waals surface area contributed by atoms with Gasteiger partial charge in [0.1, 0.15) is 0 Å². The Labute approximate surface area is 165 Å². The molecule has 0 aliphatic carbocycles. The van der Waals surface area contributed by atoms with Crippen LogP contribution in [-0.2, 0) is 19.9 Å². The van der Waals surface area contributed by atoms with Gasteiger partial charge in [0.25, 0.3) is 15.9 Å². The van der Waals surface area contributed by atoms with Crippen LogP contribution in [0.4, 0.5) is 5.69 Å². The first-order valence-corrected chi connectivity index (χ1v) is 12.1. The maximum Gasteiger partial charge on any atom is 0.262 e. The third-order valence-corrected chi connectivity index (χ3v) is 7.89. The number of hydrogen-bond donors (Lipinski definition) is 2. The Balaban J connectivity index is 1.70. The molecule has 3 rings (SSSR count). The van der Waals surface area contributed by atoms with Crippen LogP contribution in [-0.4, -0.2) is 40.3 Å². The van der Waals surface area contributed by atoms with Crippen molar-refractivity contribution in [3.05, 3.63) is 59.2 Å². The summed E-state index contributed by atoms with van der Waals surface area (Å²) in [6.07, 6.45) is 0.405. The molecule has 7 nitrogen and oxygen atoms in total. The number of sulfonamides is 1. The summed E-state index contributed by atoms with van der Waals surface area (Å²) in [5.74, 6) is -0.352. The minimum absolute atomic E-state index is 0.0491. The molecular formula is C19H22N2O5S2. The number of hydrogen-bond acceptors (Lipinski definition) is 5. The second-order valence-electron chi connectivity index (χ2n) is 7.03. The summed E-state index contributed by atoms with van der Waals surface area (Å²) in [7, 11) is -6.82. The van der Waals surface area contributed by atoms with Gasteiger partial charge in [-0.15, -0.1) is 0 Å². The highest BCUT2D eigenvalue weighted by Gasteiger charge is 2.29. The highest BCUT2D eigenvalue weighted by molar-refractivity contribution is 7.92. The summed E-state index contributed by atoms with van der Waals surface area (Å²) in [6, 6.07) is 10.8. The van der Waals surface area contributed by atoms with E-state index in [1.165, 1.54) is 24.3 Å². The number of benzene rings is 2. The SMILES string of the molecule is Cc1ccc(C)c(S(=O)(=O)Nc2ccc(C(=O)N[C@H]3CCS(=O)(=O)C3)cc2)c1. The standard InChI is InChI=1S/C19H22N2O5S2/c1-13-3-4-14(2)18(11-13)28(25,26)21-16-7-5-15(6-8-16)19(22)20-17-9-10-27(23,24)12-17/h3-8,11,17,21H,9-10,12H2,1-2H3,(H,20,22)/t17-/m0/s1. The number of rotatable bonds is 5. The Kier molecular flexibility index (Phi) is 5.49. The van der Waals surface area contributed by atoms with Crippen molar-refractivity contribution < 1.29 is 21.6 Å². The molecule has 1 aliphatic rings. The topological polar surface area (TPSA) is 109 Å². The van der Waals surface area contributed by atoms with Crippen LogP contribution < -0.4 is 10.0 Å². The molecule has 28 heavy (non-hydrogen) atoms. The average molecular weight is 423 g/mol. The third-order valence-electron chi connectivity index (χ3n) is 4.60. The zero-order chi connectivity index (χ0) is 20.5. The van der Waals surface area contributed by atoms with Crippen LogP contribution in [0.25, 0.3) is 0 Å². The van der Waals surface area contributed by atoms with Crippen molar-refractivity contribution in [1.29, 1.82) is 0 Å². The molecule has 0 unspecified atom stereocenters. The number of sulfone groups is 1. The zero-order valence-electron chi connectivity index (χ0n) is 15.6. The monoisotopic (exact) mass is 422 g/mol. The van der Waals surface area contributed by atoms with E-state index in [1.54, 1.807) is 19.1 Å². The first kappa shape index (κ1) is 20.3. The molecule has 0 bridgehead atoms. The van der Waals surface area contributed by atoms with Crippen LogP contribution in [0.2, 0.25) is 0 Å². The Hall–Kier alpha value is -2.39. The van der Waals surface area contributed by atoms with E-state index in [9.17, 15) is 21.6 Å². The molecular weight excluding hydrogens is 400 g/mol. The maximum atomic E-state index is 12.6. The van der Waals surface area contributed by atoms with Gasteiger partial charge in [0.2, 0.25) is 0 Å². The van der Waals surface area contributed by atoms with E-state index in [0.29, 0.717) is 23.2 Å². The van der Waals surface area contributed by atoms with Crippen LogP contribution in [0.3, 0.4) is 0 Å². The zero-order valence-corrected chi connectivity index (χ0v) is 17.2. The predicted octanol–water partition coefficient (Wildman–Crippen LogP) is 2.02. The fraction of sp³-hybridized carbons (Fsp3) is 0.316. The van der Waals surface area contributed by atoms with Crippen molar-refractivity contribution in [2.45, 2.75) is 31.2 Å². The van der Waals surface area contributed by atoms with Crippen molar-refractivity contribution >= 4 is 31.5 Å². The van der Waals surface area contributed by atoms with E-state index in [0.717, 1.165) is 5.56 Å². The molecule has 0 radical (unpaired) electrons. The van der Waals surface area contributed by atoms with Gasteiger partial charge in [-0.2, -0.15) is 0 Å². The second-order valence-corrected chi connectivity index (χ2v) is 10.9. The Morgan fingerprint density at radius 2 is 1.75 bits per heavy atom. The molecule has 2 N–H and O–H groups in total. The van der Waals surface area contributed by atoms with Crippen molar-refractivity contribution in [3.63, 3.8) is 0 Å². The lowest BCUT2D eigenvalue weighted by atomic mass is 10.1. The van der Waals surface area contributed by atoms with E-state index in [-0.39, 0.29) is 28.4 Å². The molecule has 1 fully saturated rings. The summed E-state index contributed by atoms with van der Waals surface area (Å²) in [4.78, 5) is 12.5. The van der Waals surface area contributed by atoms with Gasteiger partial charge in [0.15, 0.2) is 9.84 Å². The molecule has 1 aliphatic heterocycles. The van der Waals surface area contributed by atoms with Gasteiger partial charge in [0, 0.05) is 17.3 Å². The molecule has 9 heteroatoms. The minimum atomic E-state index is -3.75. The first-order valence-electron chi connectivity index (χ1n) is 8.77. The summed E-state index contributed by atoms with van der Waals surface area (Å²) in [5.41, 5.74) is 2.15. The summed E-state index contributed by atoms with van der Waals surface area (Å²) >= 11 is 0. The highest BCUT2D eigenvalue weighted by Crippen LogP contribution is 2.21. The van der Waals surface area contributed by atoms with Crippen LogP contribution >= 0.6 is 0 Å². The van der Waals surface area contributed by atoms with E-state index in [4.69, 9.17) is 0 Å². The first-order chi connectivity index (χ1) is 13.1. The molecule has 0 aromatic heterocycles. The third kappa shape index (κ3) is 4.71. The Bertz CT molecular complexity index is 1110. The van der Waals surface area contributed by atoms with Crippen LogP contribution in [0, 0.1) is 13.8 Å². The fourth-order valence-electron chi connectivity index (χ4n) is 3.07. The van der Waals surface area contributed by atoms with Crippen molar-refractivity contribution in [2.75, 3.05) is 16.2 Å². The number of anilines is 1. The van der Waals surface area contributed by atoms with E-state index in [1.807, 2.05) is 13.0 Å². The summed E-state index contributed by atoms with van der Waals surface area (Å²) in [6.45, 7) is 3.55. The van der Waals surface area contributed by atoms with Crippen molar-refractivity contribution in [1.82, 2.24) is 5.32 Å². The molecule has 0 saturated carbocycles. The molecule has 1 heterocycles. The normalized spacial score (nSPS) is 18.6. The van der Waals surface area contributed by atoms with Gasteiger partial charge in [0.05, 0.1) is 16.4 Å². The van der Waals surface area contributed by atoms with Gasteiger partial charge >= 0.3 is 0 Å². The predicted molar refractivity (Wildman–Crippen MR) is 108 cm³/mol. The Morgan fingerprint density at radius 3 is 2.36 bits per heavy atom. The van der Waals surface area contributed by atoms with Crippen LogP contribution in [0.1, 0.15) is 27.9 Å². The lowest BCUT2D eigenvalue weighted by molar-refractivity contribution is 0.0941. The molecule has 150 valence electrons. The van der Waals surface area contributed by atoms with Gasteiger partial charge in [-0.05, 0) is 61.7 Å². The number of carbonyl (C=O) groups excluding carboxylic acids is 1. The van der Waals surface area contributed by atoms with E-state index in [2.05, 4.69) is 10.0 Å². The van der Waals surface area contributed by atoms with Crippen molar-refractivity contribution in [3.8, 4) is 0 Å². The number of carbonyl (C=O) groups is 1. The summed E-state index contributed by atoms with van der Waals surface area (Å²) < 4.78 is 50.8. The van der Waals surface area contributed by atoms with E-state index >= 15 is 0 Å². The molecule has 2 aromatic rings. The van der Waals surface area contributed by atoms with E-state index < -0.39 is 19.9 Å². The quantitative estimate of drug-likeness (QED) is 0.766. The molecule has 0 spiro atoms. The van der Waals surface area contributed by atoms with Crippen molar-refractivity contribution in [2.24, 2.45) is 0 Å². The highest BCUT2D eigenvalue weighted by atomic mass is 32.2. The maximum absolute atomic E-state index is 12.6. The largest absolute Gasteiger partial charge is 0.348 e. The Morgan fingerprint density at radius 1 is 1.07 bits per heavy atom.